The molecule has 1 heterocycles. The molecular weight excluding hydrogens is 392 g/mol. The van der Waals surface area contributed by atoms with Crippen LogP contribution < -0.4 is 15.4 Å². The Balaban J connectivity index is 1.63. The van der Waals surface area contributed by atoms with Gasteiger partial charge in [0.25, 0.3) is 0 Å². The zero-order valence-corrected chi connectivity index (χ0v) is 18.6. The van der Waals surface area contributed by atoms with Gasteiger partial charge in [-0.25, -0.2) is 0 Å². The normalized spacial score (nSPS) is 15.8. The lowest BCUT2D eigenvalue weighted by Gasteiger charge is -2.38. The highest BCUT2D eigenvalue weighted by Gasteiger charge is 2.25. The molecule has 166 valence electrons. The topological polar surface area (TPSA) is 73.9 Å². The van der Waals surface area contributed by atoms with Crippen molar-refractivity contribution in [3.63, 3.8) is 0 Å². The minimum atomic E-state index is -0.656. The number of anilines is 1. The van der Waals surface area contributed by atoms with E-state index in [0.29, 0.717) is 12.2 Å². The van der Waals surface area contributed by atoms with Crippen LogP contribution in [0.3, 0.4) is 0 Å². The van der Waals surface area contributed by atoms with E-state index in [1.165, 1.54) is 5.56 Å². The fourth-order valence-electron chi connectivity index (χ4n) is 3.70. The van der Waals surface area contributed by atoms with Crippen molar-refractivity contribution in [2.75, 3.05) is 52.2 Å². The number of likely N-dealkylation sites (N-methyl/N-ethyl adjacent to an activating group) is 1. The van der Waals surface area contributed by atoms with Crippen molar-refractivity contribution in [1.82, 2.24) is 15.1 Å². The molecule has 7 heteroatoms. The largest absolute Gasteiger partial charge is 0.497 e. The summed E-state index contributed by atoms with van der Waals surface area (Å²) in [5.41, 5.74) is 2.88. The molecule has 7 nitrogen and oxygen atoms in total. The first kappa shape index (κ1) is 22.8. The Hall–Kier alpha value is -2.90. The SMILES string of the molecule is CCc1ccc(NC(=O)C(=O)NC[C@@H](c2ccc(OC)cc2)N2CCN(C)CC2)cc1. The zero-order chi connectivity index (χ0) is 22.2. The maximum atomic E-state index is 12.5. The smallest absolute Gasteiger partial charge is 0.313 e. The lowest BCUT2D eigenvalue weighted by atomic mass is 10.0. The fourth-order valence-corrected chi connectivity index (χ4v) is 3.70. The average molecular weight is 425 g/mol. The van der Waals surface area contributed by atoms with Gasteiger partial charge in [0.1, 0.15) is 5.75 Å². The van der Waals surface area contributed by atoms with Crippen LogP contribution in [0.4, 0.5) is 5.69 Å². The molecule has 31 heavy (non-hydrogen) atoms. The summed E-state index contributed by atoms with van der Waals surface area (Å²) in [6.07, 6.45) is 0.924. The van der Waals surface area contributed by atoms with Crippen LogP contribution in [0, 0.1) is 0 Å². The second-order valence-electron chi connectivity index (χ2n) is 7.84. The number of hydrogen-bond acceptors (Lipinski definition) is 5. The molecule has 0 saturated carbocycles. The molecule has 2 amide bonds. The lowest BCUT2D eigenvalue weighted by Crippen LogP contribution is -2.49. The van der Waals surface area contributed by atoms with Crippen LogP contribution in [0.15, 0.2) is 48.5 Å². The van der Waals surface area contributed by atoms with E-state index in [9.17, 15) is 9.59 Å². The van der Waals surface area contributed by atoms with Gasteiger partial charge in [-0.05, 0) is 48.9 Å². The second kappa shape index (κ2) is 10.9. The first-order valence-electron chi connectivity index (χ1n) is 10.7. The quantitative estimate of drug-likeness (QED) is 0.668. The van der Waals surface area contributed by atoms with Crippen molar-refractivity contribution in [3.05, 3.63) is 59.7 Å². The summed E-state index contributed by atoms with van der Waals surface area (Å²) in [6.45, 7) is 6.17. The van der Waals surface area contributed by atoms with Gasteiger partial charge < -0.3 is 20.3 Å². The van der Waals surface area contributed by atoms with Gasteiger partial charge in [0.2, 0.25) is 0 Å². The number of nitrogens with zero attached hydrogens (tertiary/aromatic N) is 2. The maximum Gasteiger partial charge on any atom is 0.313 e. The Morgan fingerprint density at radius 3 is 2.19 bits per heavy atom. The van der Waals surface area contributed by atoms with E-state index in [-0.39, 0.29) is 6.04 Å². The molecule has 1 saturated heterocycles. The standard InChI is InChI=1S/C24H32N4O3/c1-4-18-5-9-20(10-6-18)26-24(30)23(29)25-17-22(28-15-13-27(2)14-16-28)19-7-11-21(31-3)12-8-19/h5-12,22H,4,13-17H2,1-3H3,(H,25,29)(H,26,30)/t22-/m0/s1. The third kappa shape index (κ3) is 6.29. The molecule has 1 aliphatic heterocycles. The van der Waals surface area contributed by atoms with Crippen LogP contribution in [-0.4, -0.2) is 68.5 Å². The molecule has 3 rings (SSSR count). The number of aryl methyl sites for hydroxylation is 1. The van der Waals surface area contributed by atoms with E-state index >= 15 is 0 Å². The summed E-state index contributed by atoms with van der Waals surface area (Å²) < 4.78 is 5.27. The van der Waals surface area contributed by atoms with Gasteiger partial charge in [0, 0.05) is 38.4 Å². The van der Waals surface area contributed by atoms with Gasteiger partial charge in [-0.2, -0.15) is 0 Å². The number of methoxy groups -OCH3 is 1. The van der Waals surface area contributed by atoms with E-state index in [2.05, 4.69) is 34.4 Å². The van der Waals surface area contributed by atoms with E-state index < -0.39 is 11.8 Å². The highest BCUT2D eigenvalue weighted by molar-refractivity contribution is 6.39. The Labute approximate surface area is 184 Å². The van der Waals surface area contributed by atoms with Crippen LogP contribution in [0.2, 0.25) is 0 Å². The van der Waals surface area contributed by atoms with Gasteiger partial charge in [-0.15, -0.1) is 0 Å². The molecule has 0 spiro atoms. The third-order valence-electron chi connectivity index (χ3n) is 5.76. The van der Waals surface area contributed by atoms with Crippen molar-refractivity contribution < 1.29 is 14.3 Å². The van der Waals surface area contributed by atoms with Crippen LogP contribution >= 0.6 is 0 Å². The first-order chi connectivity index (χ1) is 15.0. The Morgan fingerprint density at radius 1 is 0.968 bits per heavy atom. The number of hydrogen-bond donors (Lipinski definition) is 2. The molecule has 2 aromatic carbocycles. The molecular formula is C24H32N4O3. The van der Waals surface area contributed by atoms with Crippen LogP contribution in [0.1, 0.15) is 24.1 Å². The van der Waals surface area contributed by atoms with Gasteiger partial charge in [-0.3, -0.25) is 14.5 Å². The van der Waals surface area contributed by atoms with Gasteiger partial charge in [0.15, 0.2) is 0 Å². The van der Waals surface area contributed by atoms with Crippen LogP contribution in [0.25, 0.3) is 0 Å². The highest BCUT2D eigenvalue weighted by atomic mass is 16.5. The third-order valence-corrected chi connectivity index (χ3v) is 5.76. The summed E-state index contributed by atoms with van der Waals surface area (Å²) in [6, 6.07) is 15.4. The van der Waals surface area contributed by atoms with Gasteiger partial charge in [0.05, 0.1) is 13.2 Å². The van der Waals surface area contributed by atoms with Crippen molar-refractivity contribution in [2.45, 2.75) is 19.4 Å². The fraction of sp³-hybridized carbons (Fsp3) is 0.417. The van der Waals surface area contributed by atoms with Crippen molar-refractivity contribution in [3.8, 4) is 5.75 Å². The summed E-state index contributed by atoms with van der Waals surface area (Å²) in [5.74, 6) is -0.498. The average Bonchev–Trinajstić information content (AvgIpc) is 2.81. The summed E-state index contributed by atoms with van der Waals surface area (Å²) in [4.78, 5) is 29.5. The monoisotopic (exact) mass is 424 g/mol. The molecule has 0 radical (unpaired) electrons. The number of carbonyl (C=O) groups is 2. The summed E-state index contributed by atoms with van der Waals surface area (Å²) >= 11 is 0. The molecule has 2 N–H and O–H groups in total. The van der Waals surface area contributed by atoms with E-state index in [0.717, 1.165) is 43.9 Å². The number of nitrogens with one attached hydrogen (secondary N) is 2. The number of benzene rings is 2. The first-order valence-corrected chi connectivity index (χ1v) is 10.7. The molecule has 0 aromatic heterocycles. The minimum absolute atomic E-state index is 0.0137. The Bertz CT molecular complexity index is 859. The molecule has 1 fully saturated rings. The molecule has 0 bridgehead atoms. The number of carbonyl (C=O) groups excluding carboxylic acids is 2. The highest BCUT2D eigenvalue weighted by Crippen LogP contribution is 2.24. The predicted octanol–water partition coefficient (Wildman–Crippen LogP) is 2.30. The summed E-state index contributed by atoms with van der Waals surface area (Å²) in [5, 5.41) is 5.49. The van der Waals surface area contributed by atoms with Gasteiger partial charge >= 0.3 is 11.8 Å². The molecule has 1 atom stereocenters. The van der Waals surface area contributed by atoms with Gasteiger partial charge in [-0.1, -0.05) is 31.2 Å². The van der Waals surface area contributed by atoms with E-state index in [1.807, 2.05) is 48.5 Å². The minimum Gasteiger partial charge on any atom is -0.497 e. The second-order valence-corrected chi connectivity index (χ2v) is 7.84. The van der Waals surface area contributed by atoms with Crippen molar-refractivity contribution >= 4 is 17.5 Å². The summed E-state index contributed by atoms with van der Waals surface area (Å²) in [7, 11) is 3.75. The number of amides is 2. The predicted molar refractivity (Wildman–Crippen MR) is 122 cm³/mol. The van der Waals surface area contributed by atoms with E-state index in [1.54, 1.807) is 7.11 Å². The number of rotatable bonds is 7. The lowest BCUT2D eigenvalue weighted by molar-refractivity contribution is -0.136. The zero-order valence-electron chi connectivity index (χ0n) is 18.6. The Morgan fingerprint density at radius 2 is 1.61 bits per heavy atom. The molecule has 1 aliphatic rings. The van der Waals surface area contributed by atoms with Crippen LogP contribution in [0.5, 0.6) is 5.75 Å². The molecule has 0 aliphatic carbocycles. The molecule has 0 unspecified atom stereocenters. The maximum absolute atomic E-state index is 12.5. The molecule has 2 aromatic rings. The van der Waals surface area contributed by atoms with E-state index in [4.69, 9.17) is 4.74 Å². The number of ether oxygens (including phenoxy) is 1. The number of piperazine rings is 1. The van der Waals surface area contributed by atoms with Crippen molar-refractivity contribution in [1.29, 1.82) is 0 Å². The van der Waals surface area contributed by atoms with Crippen LogP contribution in [-0.2, 0) is 16.0 Å². The van der Waals surface area contributed by atoms with Crippen molar-refractivity contribution in [2.24, 2.45) is 0 Å². The Kier molecular flexibility index (Phi) is 8.03.